The minimum Gasteiger partial charge on any atom is -0.391 e. The molecule has 1 aliphatic heterocycles. The largest absolute Gasteiger partial charge is 0.391 e. The van der Waals surface area contributed by atoms with Crippen molar-refractivity contribution in [2.75, 3.05) is 18.0 Å². The van der Waals surface area contributed by atoms with Crippen LogP contribution in [0.25, 0.3) is 0 Å². The number of β-amino-alcohol motifs (C(OH)–C–C–N with tert-alkyl or cyclic N) is 1. The molecule has 1 unspecified atom stereocenters. The summed E-state index contributed by atoms with van der Waals surface area (Å²) in [6, 6.07) is 6.62. The first-order valence-corrected chi connectivity index (χ1v) is 4.11. The minimum atomic E-state index is -0.184. The fraction of sp³-hybridized carbons (Fsp3) is 0.444. The number of pyridine rings is 1. The van der Waals surface area contributed by atoms with Gasteiger partial charge in [-0.2, -0.15) is 0 Å². The Labute approximate surface area is 71.7 Å². The average molecular weight is 163 g/mol. The van der Waals surface area contributed by atoms with Gasteiger partial charge in [0.1, 0.15) is 5.82 Å². The van der Waals surface area contributed by atoms with Gasteiger partial charge in [-0.05, 0) is 18.6 Å². The lowest BCUT2D eigenvalue weighted by Gasteiger charge is -2.15. The molecular weight excluding hydrogens is 152 g/mol. The van der Waals surface area contributed by atoms with Gasteiger partial charge < -0.3 is 10.0 Å². The molecule has 1 radical (unpaired) electrons. The Morgan fingerprint density at radius 1 is 1.67 bits per heavy atom. The van der Waals surface area contributed by atoms with E-state index in [9.17, 15) is 5.11 Å². The number of nitrogens with zero attached hydrogens (tertiary/aromatic N) is 2. The van der Waals surface area contributed by atoms with Crippen LogP contribution in [0.3, 0.4) is 0 Å². The molecule has 1 N–H and O–H groups in total. The first-order valence-electron chi connectivity index (χ1n) is 4.11. The van der Waals surface area contributed by atoms with Gasteiger partial charge in [-0.1, -0.05) is 0 Å². The Morgan fingerprint density at radius 2 is 2.58 bits per heavy atom. The molecule has 1 atom stereocenters. The highest BCUT2D eigenvalue weighted by atomic mass is 16.3. The molecular formula is C9H11N2O. The molecule has 1 aromatic rings. The van der Waals surface area contributed by atoms with Crippen molar-refractivity contribution in [3.63, 3.8) is 0 Å². The molecule has 1 fully saturated rings. The van der Waals surface area contributed by atoms with E-state index in [-0.39, 0.29) is 6.10 Å². The molecule has 0 aromatic carbocycles. The zero-order valence-electron chi connectivity index (χ0n) is 6.77. The number of hydrogen-bond donors (Lipinski definition) is 1. The van der Waals surface area contributed by atoms with Crippen LogP contribution in [-0.4, -0.2) is 29.3 Å². The van der Waals surface area contributed by atoms with Gasteiger partial charge in [-0.3, -0.25) is 0 Å². The van der Waals surface area contributed by atoms with E-state index in [0.29, 0.717) is 6.54 Å². The summed E-state index contributed by atoms with van der Waals surface area (Å²) < 4.78 is 0. The van der Waals surface area contributed by atoms with E-state index in [4.69, 9.17) is 0 Å². The van der Waals surface area contributed by atoms with E-state index in [1.54, 1.807) is 6.20 Å². The van der Waals surface area contributed by atoms with Gasteiger partial charge in [-0.15, -0.1) is 0 Å². The van der Waals surface area contributed by atoms with E-state index in [1.807, 2.05) is 12.1 Å². The quantitative estimate of drug-likeness (QED) is 0.653. The third kappa shape index (κ3) is 1.41. The van der Waals surface area contributed by atoms with Crippen LogP contribution in [-0.2, 0) is 0 Å². The standard InChI is InChI=1S/C9H11N2O/c12-8-4-6-11(7-8)9-3-1-2-5-10-9/h1,3,5,8,12H,4,6-7H2. The lowest BCUT2D eigenvalue weighted by molar-refractivity contribution is 0.198. The summed E-state index contributed by atoms with van der Waals surface area (Å²) in [7, 11) is 0. The van der Waals surface area contributed by atoms with E-state index in [0.717, 1.165) is 18.8 Å². The first kappa shape index (κ1) is 7.55. The van der Waals surface area contributed by atoms with Gasteiger partial charge in [0.15, 0.2) is 0 Å². The van der Waals surface area contributed by atoms with E-state index >= 15 is 0 Å². The highest BCUT2D eigenvalue weighted by molar-refractivity contribution is 5.38. The highest BCUT2D eigenvalue weighted by Gasteiger charge is 2.20. The number of aliphatic hydroxyl groups is 1. The third-order valence-electron chi connectivity index (χ3n) is 2.09. The molecule has 2 rings (SSSR count). The van der Waals surface area contributed by atoms with Crippen molar-refractivity contribution in [3.05, 3.63) is 24.4 Å². The molecule has 1 saturated heterocycles. The van der Waals surface area contributed by atoms with Gasteiger partial charge >= 0.3 is 0 Å². The van der Waals surface area contributed by atoms with Crippen LogP contribution in [0.15, 0.2) is 18.3 Å². The Morgan fingerprint density at radius 3 is 3.17 bits per heavy atom. The van der Waals surface area contributed by atoms with Crippen molar-refractivity contribution >= 4 is 5.82 Å². The van der Waals surface area contributed by atoms with Crippen LogP contribution < -0.4 is 4.90 Å². The molecule has 0 bridgehead atoms. The number of anilines is 1. The monoisotopic (exact) mass is 163 g/mol. The van der Waals surface area contributed by atoms with Gasteiger partial charge in [0, 0.05) is 25.4 Å². The van der Waals surface area contributed by atoms with Gasteiger partial charge in [0.25, 0.3) is 0 Å². The van der Waals surface area contributed by atoms with Gasteiger partial charge in [0.05, 0.1) is 6.10 Å². The van der Waals surface area contributed by atoms with Crippen molar-refractivity contribution in [2.45, 2.75) is 12.5 Å². The molecule has 1 aliphatic rings. The van der Waals surface area contributed by atoms with Crippen molar-refractivity contribution in [2.24, 2.45) is 0 Å². The minimum absolute atomic E-state index is 0.184. The Bertz CT molecular complexity index is 250. The predicted molar refractivity (Wildman–Crippen MR) is 45.9 cm³/mol. The first-order chi connectivity index (χ1) is 5.86. The second kappa shape index (κ2) is 3.11. The Balaban J connectivity index is 2.11. The molecule has 0 saturated carbocycles. The second-order valence-corrected chi connectivity index (χ2v) is 3.00. The number of aliphatic hydroxyl groups excluding tert-OH is 1. The summed E-state index contributed by atoms with van der Waals surface area (Å²) in [5, 5.41) is 9.28. The molecule has 0 amide bonds. The molecule has 3 heteroatoms. The maximum Gasteiger partial charge on any atom is 0.128 e. The fourth-order valence-corrected chi connectivity index (χ4v) is 1.45. The van der Waals surface area contributed by atoms with Crippen molar-refractivity contribution in [1.29, 1.82) is 0 Å². The maximum absolute atomic E-state index is 9.28. The summed E-state index contributed by atoms with van der Waals surface area (Å²) in [6.45, 7) is 1.61. The van der Waals surface area contributed by atoms with Crippen LogP contribution in [0, 0.1) is 6.07 Å². The zero-order chi connectivity index (χ0) is 8.39. The predicted octanol–water partition coefficient (Wildman–Crippen LogP) is 0.453. The number of aromatic nitrogens is 1. The molecule has 0 spiro atoms. The molecule has 12 heavy (non-hydrogen) atoms. The van der Waals surface area contributed by atoms with Gasteiger partial charge in [-0.25, -0.2) is 4.98 Å². The third-order valence-corrected chi connectivity index (χ3v) is 2.09. The van der Waals surface area contributed by atoms with Crippen molar-refractivity contribution < 1.29 is 5.11 Å². The molecule has 1 aromatic heterocycles. The molecule has 63 valence electrons. The van der Waals surface area contributed by atoms with Crippen LogP contribution >= 0.6 is 0 Å². The van der Waals surface area contributed by atoms with E-state index < -0.39 is 0 Å². The molecule has 3 nitrogen and oxygen atoms in total. The SMILES string of the molecule is OC1CCN(c2cc[c]cn2)C1. The summed E-state index contributed by atoms with van der Waals surface area (Å²) in [4.78, 5) is 6.24. The van der Waals surface area contributed by atoms with Crippen LogP contribution in [0.5, 0.6) is 0 Å². The summed E-state index contributed by atoms with van der Waals surface area (Å²) in [6.07, 6.45) is 2.32. The van der Waals surface area contributed by atoms with Crippen LogP contribution in [0.1, 0.15) is 6.42 Å². The molecule has 0 aliphatic carbocycles. The maximum atomic E-state index is 9.28. The average Bonchev–Trinajstić information content (AvgIpc) is 2.54. The van der Waals surface area contributed by atoms with Crippen molar-refractivity contribution in [3.8, 4) is 0 Å². The molecule has 2 heterocycles. The Hall–Kier alpha value is -1.09. The van der Waals surface area contributed by atoms with Crippen molar-refractivity contribution in [1.82, 2.24) is 4.98 Å². The zero-order valence-corrected chi connectivity index (χ0v) is 6.77. The summed E-state index contributed by atoms with van der Waals surface area (Å²) in [5.74, 6) is 0.935. The lowest BCUT2D eigenvalue weighted by atomic mass is 10.3. The number of rotatable bonds is 1. The fourth-order valence-electron chi connectivity index (χ4n) is 1.45. The highest BCUT2D eigenvalue weighted by Crippen LogP contribution is 2.16. The Kier molecular flexibility index (Phi) is 1.96. The van der Waals surface area contributed by atoms with Crippen LogP contribution in [0.4, 0.5) is 5.82 Å². The lowest BCUT2D eigenvalue weighted by Crippen LogP contribution is -2.21. The second-order valence-electron chi connectivity index (χ2n) is 3.00. The van der Waals surface area contributed by atoms with Crippen LogP contribution in [0.2, 0.25) is 0 Å². The van der Waals surface area contributed by atoms with E-state index in [1.165, 1.54) is 0 Å². The summed E-state index contributed by atoms with van der Waals surface area (Å²) in [5.41, 5.74) is 0. The van der Waals surface area contributed by atoms with E-state index in [2.05, 4.69) is 16.0 Å². The summed E-state index contributed by atoms with van der Waals surface area (Å²) >= 11 is 0. The smallest absolute Gasteiger partial charge is 0.128 e. The normalized spacial score (nSPS) is 23.1. The topological polar surface area (TPSA) is 36.4 Å². The van der Waals surface area contributed by atoms with Gasteiger partial charge in [0.2, 0.25) is 0 Å². The number of hydrogen-bond acceptors (Lipinski definition) is 3.